The zero-order valence-corrected chi connectivity index (χ0v) is 45.7. The average molecular weight is 1140 g/mol. The molecule has 0 aliphatic carbocycles. The van der Waals surface area contributed by atoms with Gasteiger partial charge in [0.1, 0.15) is 23.2 Å². The summed E-state index contributed by atoms with van der Waals surface area (Å²) in [5.74, 6) is -6.40. The molecule has 82 heavy (non-hydrogen) atoms. The number of rotatable bonds is 28. The molecule has 2 heterocycles. The molecule has 0 spiro atoms. The number of aliphatic hydroxyl groups excluding tert-OH is 3. The lowest BCUT2D eigenvalue weighted by Crippen LogP contribution is -2.55. The third kappa shape index (κ3) is 16.2. The number of phosphoric acid groups is 1. The first-order valence-corrected chi connectivity index (χ1v) is 28.5. The van der Waals surface area contributed by atoms with Crippen molar-refractivity contribution in [1.29, 1.82) is 0 Å². The van der Waals surface area contributed by atoms with Crippen molar-refractivity contribution in [2.24, 2.45) is 17.8 Å². The van der Waals surface area contributed by atoms with Crippen LogP contribution in [0.1, 0.15) is 73.3 Å². The van der Waals surface area contributed by atoms with Crippen molar-refractivity contribution >= 4 is 64.5 Å². The molecule has 6 aromatic carbocycles. The second-order valence-electron chi connectivity index (χ2n) is 20.7. The number of phosphoric ester groups is 1. The summed E-state index contributed by atoms with van der Waals surface area (Å²) >= 11 is 0. The zero-order valence-electron chi connectivity index (χ0n) is 44.8. The van der Waals surface area contributed by atoms with Crippen molar-refractivity contribution < 1.29 is 72.5 Å². The first-order chi connectivity index (χ1) is 39.3. The highest BCUT2D eigenvalue weighted by atomic mass is 31.2. The van der Waals surface area contributed by atoms with Gasteiger partial charge in [-0.05, 0) is 112 Å². The molecule has 2 amide bonds. The van der Waals surface area contributed by atoms with Gasteiger partial charge in [0.15, 0.2) is 17.9 Å². The molecule has 21 nitrogen and oxygen atoms in total. The van der Waals surface area contributed by atoms with Gasteiger partial charge in [-0.15, -0.1) is 0 Å². The van der Waals surface area contributed by atoms with E-state index in [1.54, 1.807) is 73.7 Å². The Kier molecular flexibility index (Phi) is 20.4. The standard InChI is InChI=1S/C60H64N5O16P/c1-2-53-57(70)56(69)47(60(73)79-53)35-52(68)49(32-38-21-25-46(26-22-38)80-82(76,77)78)62-59(72)44(28-36-12-5-3-6-13-36)34-51(67)48(31-37-14-7-4-8-15-37)61-58(71)43(30-39-20-23-40-16-9-10-17-42(40)29-39)33-45(66)19-11-18-41-24-27-50(65(74)75)55-54(41)63-81-64-55/h3-10,12-17,20-27,29,43-44,47-49,53,56-57,60,69-70,73H,2,11,18-19,28,30-35H2,1H3,(H,61,71)(H,62,72)(H2,76,77,78)/t43?,44-,47?,48+,49+,53+,56+,57+,60+/m0/s1. The maximum atomic E-state index is 15.1. The Morgan fingerprint density at radius 1 is 0.671 bits per heavy atom. The lowest BCUT2D eigenvalue weighted by molar-refractivity contribution is -0.383. The Morgan fingerprint density at radius 3 is 1.87 bits per heavy atom. The van der Waals surface area contributed by atoms with Crippen molar-refractivity contribution in [3.8, 4) is 5.75 Å². The van der Waals surface area contributed by atoms with Gasteiger partial charge in [0, 0.05) is 49.5 Å². The Balaban J connectivity index is 1.05. The van der Waals surface area contributed by atoms with E-state index in [0.717, 1.165) is 16.3 Å². The van der Waals surface area contributed by atoms with Crippen LogP contribution < -0.4 is 15.2 Å². The maximum absolute atomic E-state index is 15.1. The number of nitro groups is 1. The molecule has 1 aliphatic rings. The SMILES string of the molecule is CC[C@H]1O[C@@H](O)C(CC(=O)[C@@H](Cc2ccc(OP(=O)(O)O)cc2)NC(=O)[C@H](CC(=O)[C@@H](Cc2ccccc2)NC(=O)C(CC(=O)CCCc2ccc([N+](=O)[O-])c3nonc23)Cc2ccc3ccccc3c2)Cc2ccccc2)[C@@H](O)[C@@H]1O. The first kappa shape index (κ1) is 60.2. The van der Waals surface area contributed by atoms with Gasteiger partial charge in [-0.2, -0.15) is 0 Å². The molecule has 9 atom stereocenters. The lowest BCUT2D eigenvalue weighted by Gasteiger charge is -2.40. The van der Waals surface area contributed by atoms with E-state index in [9.17, 15) is 59.0 Å². The summed E-state index contributed by atoms with van der Waals surface area (Å²) < 4.78 is 26.6. The monoisotopic (exact) mass is 1140 g/mol. The van der Waals surface area contributed by atoms with E-state index in [4.69, 9.17) is 9.37 Å². The van der Waals surface area contributed by atoms with Crippen molar-refractivity contribution in [3.05, 3.63) is 177 Å². The number of hydrogen-bond donors (Lipinski definition) is 7. The molecule has 22 heteroatoms. The highest BCUT2D eigenvalue weighted by Crippen LogP contribution is 2.38. The van der Waals surface area contributed by atoms with Crippen LogP contribution in [0.25, 0.3) is 21.8 Å². The fraction of sp³-hybridized carbons (Fsp3) is 0.350. The minimum atomic E-state index is -4.92. The number of benzene rings is 6. The van der Waals surface area contributed by atoms with Gasteiger partial charge in [-0.25, -0.2) is 9.19 Å². The third-order valence-electron chi connectivity index (χ3n) is 14.8. The summed E-state index contributed by atoms with van der Waals surface area (Å²) in [5, 5.41) is 59.7. The number of ketones is 3. The minimum absolute atomic E-state index is 0.00400. The van der Waals surface area contributed by atoms with E-state index in [2.05, 4.69) is 25.5 Å². The van der Waals surface area contributed by atoms with E-state index in [1.807, 2.05) is 42.5 Å². The van der Waals surface area contributed by atoms with Crippen LogP contribution in [0.3, 0.4) is 0 Å². The second-order valence-corrected chi connectivity index (χ2v) is 21.9. The summed E-state index contributed by atoms with van der Waals surface area (Å²) in [6.45, 7) is 1.69. The molecule has 0 saturated carbocycles. The number of ether oxygens (including phenoxy) is 1. The van der Waals surface area contributed by atoms with Crippen LogP contribution in [0.15, 0.2) is 144 Å². The number of nitrogens with zero attached hydrogens (tertiary/aromatic N) is 3. The molecule has 1 fully saturated rings. The quantitative estimate of drug-likeness (QED) is 0.0154. The lowest BCUT2D eigenvalue weighted by atomic mass is 9.84. The predicted molar refractivity (Wildman–Crippen MR) is 299 cm³/mol. The van der Waals surface area contributed by atoms with E-state index in [-0.39, 0.29) is 73.2 Å². The van der Waals surface area contributed by atoms with Crippen molar-refractivity contribution in [2.45, 2.75) is 114 Å². The minimum Gasteiger partial charge on any atom is -0.404 e. The van der Waals surface area contributed by atoms with Crippen molar-refractivity contribution in [2.75, 3.05) is 0 Å². The van der Waals surface area contributed by atoms with Crippen LogP contribution in [0.2, 0.25) is 0 Å². The summed E-state index contributed by atoms with van der Waals surface area (Å²) in [6.07, 6.45) is -6.02. The molecule has 0 radical (unpaired) electrons. The molecule has 1 saturated heterocycles. The number of nitro benzene ring substituents is 1. The van der Waals surface area contributed by atoms with Gasteiger partial charge in [-0.1, -0.05) is 122 Å². The maximum Gasteiger partial charge on any atom is 0.524 e. The number of nitrogens with one attached hydrogen (secondary N) is 2. The predicted octanol–water partition coefficient (Wildman–Crippen LogP) is 6.59. The van der Waals surface area contributed by atoms with Crippen LogP contribution >= 0.6 is 7.82 Å². The number of non-ortho nitro benzene ring substituents is 1. The molecule has 8 rings (SSSR count). The number of fused-ring (bicyclic) bond motifs is 2. The number of Topliss-reactive ketones (excluding diaryl/α,β-unsaturated/α-hetero) is 3. The highest BCUT2D eigenvalue weighted by Gasteiger charge is 2.45. The summed E-state index contributed by atoms with van der Waals surface area (Å²) in [5.41, 5.74) is 3.03. The van der Waals surface area contributed by atoms with Crippen LogP contribution in [-0.4, -0.2) is 106 Å². The average Bonchev–Trinajstić information content (AvgIpc) is 4.17. The van der Waals surface area contributed by atoms with Gasteiger partial charge in [0.2, 0.25) is 17.3 Å². The van der Waals surface area contributed by atoms with Crippen LogP contribution in [-0.2, 0) is 65.4 Å². The van der Waals surface area contributed by atoms with Crippen molar-refractivity contribution in [3.63, 3.8) is 0 Å². The van der Waals surface area contributed by atoms with Gasteiger partial charge < -0.3 is 35.2 Å². The number of carbonyl (C=O) groups excluding carboxylic acids is 5. The molecule has 1 aromatic heterocycles. The number of carbonyl (C=O) groups is 5. The fourth-order valence-corrected chi connectivity index (χ4v) is 10.9. The normalized spacial score (nSPS) is 18.7. The molecular formula is C60H64N5O16P. The number of hydrogen-bond acceptors (Lipinski definition) is 16. The smallest absolute Gasteiger partial charge is 0.404 e. The Labute approximate surface area is 471 Å². The molecule has 430 valence electrons. The fourth-order valence-electron chi connectivity index (χ4n) is 10.5. The van der Waals surface area contributed by atoms with Crippen LogP contribution in [0.4, 0.5) is 5.69 Å². The molecule has 1 aliphatic heterocycles. The zero-order chi connectivity index (χ0) is 58.5. The summed E-state index contributed by atoms with van der Waals surface area (Å²) in [6, 6.07) is 36.8. The number of amides is 2. The molecule has 0 bridgehead atoms. The Bertz CT molecular complexity index is 3410. The Morgan fingerprint density at radius 2 is 1.23 bits per heavy atom. The van der Waals surface area contributed by atoms with E-state index in [0.29, 0.717) is 35.1 Å². The number of aryl methyl sites for hydroxylation is 1. The third-order valence-corrected chi connectivity index (χ3v) is 15.3. The molecule has 7 N–H and O–H groups in total. The molecule has 2 unspecified atom stereocenters. The van der Waals surface area contributed by atoms with E-state index < -0.39 is 103 Å². The van der Waals surface area contributed by atoms with Gasteiger partial charge >= 0.3 is 13.5 Å². The summed E-state index contributed by atoms with van der Waals surface area (Å²) in [7, 11) is -4.92. The van der Waals surface area contributed by atoms with Crippen molar-refractivity contribution in [1.82, 2.24) is 20.9 Å². The summed E-state index contributed by atoms with van der Waals surface area (Å²) in [4.78, 5) is 103. The second kappa shape index (κ2) is 27.7. The first-order valence-electron chi connectivity index (χ1n) is 27.0. The number of aromatic nitrogens is 2. The van der Waals surface area contributed by atoms with E-state index in [1.165, 1.54) is 30.3 Å². The van der Waals surface area contributed by atoms with E-state index >= 15 is 4.79 Å². The van der Waals surface area contributed by atoms with Gasteiger partial charge in [-0.3, -0.25) is 43.9 Å². The van der Waals surface area contributed by atoms with Gasteiger partial charge in [0.25, 0.3) is 0 Å². The molecular weight excluding hydrogens is 1080 g/mol. The topological polar surface area (TPSA) is 328 Å². The Hall–Kier alpha value is -7.88. The van der Waals surface area contributed by atoms with Crippen LogP contribution in [0, 0.1) is 27.9 Å². The largest absolute Gasteiger partial charge is 0.524 e. The highest BCUT2D eigenvalue weighted by molar-refractivity contribution is 7.46. The number of aliphatic hydroxyl groups is 3. The van der Waals surface area contributed by atoms with Crippen LogP contribution in [0.5, 0.6) is 5.75 Å². The molecule has 7 aromatic rings. The van der Waals surface area contributed by atoms with Gasteiger partial charge in [0.05, 0.1) is 29.2 Å².